The number of nitriles is 1. The molecule has 0 spiro atoms. The Labute approximate surface area is 122 Å². The Bertz CT molecular complexity index is 661. The zero-order chi connectivity index (χ0) is 15.1. The molecule has 2 N–H and O–H groups in total. The van der Waals surface area contributed by atoms with E-state index in [-0.39, 0.29) is 5.91 Å². The van der Waals surface area contributed by atoms with E-state index in [0.717, 1.165) is 13.0 Å². The lowest BCUT2D eigenvalue weighted by Crippen LogP contribution is -2.14. The van der Waals surface area contributed by atoms with Crippen LogP contribution in [0.15, 0.2) is 36.7 Å². The number of benzene rings is 1. The van der Waals surface area contributed by atoms with Gasteiger partial charge in [-0.15, -0.1) is 0 Å². The topological polar surface area (TPSA) is 90.7 Å². The fraction of sp³-hybridized carbons (Fsp3) is 0.200. The highest BCUT2D eigenvalue weighted by Crippen LogP contribution is 2.14. The van der Waals surface area contributed by atoms with E-state index in [4.69, 9.17) is 5.26 Å². The number of carbonyl (C=O) groups excluding carboxylic acids is 1. The highest BCUT2D eigenvalue weighted by molar-refractivity contribution is 6.04. The van der Waals surface area contributed by atoms with Gasteiger partial charge < -0.3 is 10.6 Å². The smallest absolute Gasteiger partial charge is 0.258 e. The van der Waals surface area contributed by atoms with Crippen LogP contribution in [0.3, 0.4) is 0 Å². The van der Waals surface area contributed by atoms with Gasteiger partial charge in [-0.2, -0.15) is 5.26 Å². The molecule has 2 rings (SSSR count). The van der Waals surface area contributed by atoms with Gasteiger partial charge in [0, 0.05) is 18.9 Å². The molecule has 0 aliphatic rings. The fourth-order valence-electron chi connectivity index (χ4n) is 1.66. The van der Waals surface area contributed by atoms with Crippen molar-refractivity contribution in [3.8, 4) is 6.07 Å². The molecule has 6 nitrogen and oxygen atoms in total. The van der Waals surface area contributed by atoms with Crippen molar-refractivity contribution in [2.75, 3.05) is 17.2 Å². The van der Waals surface area contributed by atoms with E-state index in [2.05, 4.69) is 20.6 Å². The molecule has 0 radical (unpaired) electrons. The molecule has 6 heteroatoms. The first-order valence-electron chi connectivity index (χ1n) is 6.61. The van der Waals surface area contributed by atoms with Crippen LogP contribution in [0.1, 0.15) is 29.3 Å². The van der Waals surface area contributed by atoms with Gasteiger partial charge in [0.15, 0.2) is 0 Å². The summed E-state index contributed by atoms with van der Waals surface area (Å²) in [5, 5.41) is 14.7. The Morgan fingerprint density at radius 2 is 2.00 bits per heavy atom. The van der Waals surface area contributed by atoms with Crippen molar-refractivity contribution in [1.29, 1.82) is 5.26 Å². The second-order valence-corrected chi connectivity index (χ2v) is 4.33. The molecule has 0 fully saturated rings. The summed E-state index contributed by atoms with van der Waals surface area (Å²) < 4.78 is 0. The van der Waals surface area contributed by atoms with E-state index >= 15 is 0 Å². The molecule has 0 bridgehead atoms. The van der Waals surface area contributed by atoms with Crippen molar-refractivity contribution >= 4 is 17.5 Å². The lowest BCUT2D eigenvalue weighted by atomic mass is 10.2. The predicted molar refractivity (Wildman–Crippen MR) is 79.9 cm³/mol. The van der Waals surface area contributed by atoms with E-state index in [0.29, 0.717) is 22.8 Å². The second kappa shape index (κ2) is 7.01. The Morgan fingerprint density at radius 3 is 2.67 bits per heavy atom. The van der Waals surface area contributed by atoms with Crippen molar-refractivity contribution in [3.63, 3.8) is 0 Å². The summed E-state index contributed by atoms with van der Waals surface area (Å²) in [5.74, 6) is 0.144. The van der Waals surface area contributed by atoms with Gasteiger partial charge in [0.2, 0.25) is 5.95 Å². The molecule has 1 heterocycles. The number of amides is 1. The molecule has 0 aliphatic heterocycles. The van der Waals surface area contributed by atoms with Gasteiger partial charge in [-0.25, -0.2) is 9.97 Å². The van der Waals surface area contributed by atoms with E-state index in [9.17, 15) is 4.79 Å². The number of anilines is 2. The average Bonchev–Trinajstić information content (AvgIpc) is 2.54. The molecule has 0 saturated carbocycles. The predicted octanol–water partition coefficient (Wildman–Crippen LogP) is 2.42. The van der Waals surface area contributed by atoms with E-state index < -0.39 is 0 Å². The number of nitrogens with one attached hydrogen (secondary N) is 2. The Morgan fingerprint density at radius 1 is 1.29 bits per heavy atom. The van der Waals surface area contributed by atoms with Crippen molar-refractivity contribution in [2.45, 2.75) is 13.3 Å². The minimum atomic E-state index is -0.347. The third-order valence-electron chi connectivity index (χ3n) is 2.74. The third kappa shape index (κ3) is 3.76. The summed E-state index contributed by atoms with van der Waals surface area (Å²) >= 11 is 0. The van der Waals surface area contributed by atoms with Crippen LogP contribution in [0.25, 0.3) is 0 Å². The molecule has 1 amide bonds. The lowest BCUT2D eigenvalue weighted by molar-refractivity contribution is 0.102. The van der Waals surface area contributed by atoms with Gasteiger partial charge in [0.25, 0.3) is 5.91 Å². The summed E-state index contributed by atoms with van der Waals surface area (Å²) in [6.45, 7) is 2.82. The van der Waals surface area contributed by atoms with Gasteiger partial charge >= 0.3 is 0 Å². The monoisotopic (exact) mass is 281 g/mol. The van der Waals surface area contributed by atoms with Crippen LogP contribution in [-0.2, 0) is 0 Å². The molecule has 0 unspecified atom stereocenters. The lowest BCUT2D eigenvalue weighted by Gasteiger charge is -2.07. The number of hydrogen-bond acceptors (Lipinski definition) is 5. The van der Waals surface area contributed by atoms with Gasteiger partial charge in [-0.05, 0) is 18.6 Å². The molecular formula is C15H15N5O. The van der Waals surface area contributed by atoms with Crippen LogP contribution in [0, 0.1) is 11.3 Å². The van der Waals surface area contributed by atoms with Crippen molar-refractivity contribution < 1.29 is 4.79 Å². The van der Waals surface area contributed by atoms with Crippen LogP contribution in [-0.4, -0.2) is 22.4 Å². The molecule has 21 heavy (non-hydrogen) atoms. The van der Waals surface area contributed by atoms with Crippen LogP contribution in [0.5, 0.6) is 0 Å². The summed E-state index contributed by atoms with van der Waals surface area (Å²) in [7, 11) is 0. The largest absolute Gasteiger partial charge is 0.354 e. The number of hydrogen-bond donors (Lipinski definition) is 2. The zero-order valence-electron chi connectivity index (χ0n) is 11.6. The number of carbonyl (C=O) groups is 1. The van der Waals surface area contributed by atoms with E-state index in [1.807, 2.05) is 13.0 Å². The van der Waals surface area contributed by atoms with Crippen LogP contribution in [0.4, 0.5) is 11.6 Å². The van der Waals surface area contributed by atoms with Crippen LogP contribution >= 0.6 is 0 Å². The Kier molecular flexibility index (Phi) is 4.83. The maximum Gasteiger partial charge on any atom is 0.258 e. The quantitative estimate of drug-likeness (QED) is 0.878. The molecular weight excluding hydrogens is 266 g/mol. The van der Waals surface area contributed by atoms with Gasteiger partial charge in [-0.1, -0.05) is 19.1 Å². The standard InChI is InChI=1S/C15H15N5O/c1-2-7-17-15-18-9-12(10-19-15)14(21)20-13-6-4-3-5-11(13)8-16/h3-6,9-10H,2,7H2,1H3,(H,20,21)(H,17,18,19). The highest BCUT2D eigenvalue weighted by atomic mass is 16.1. The highest BCUT2D eigenvalue weighted by Gasteiger charge is 2.09. The van der Waals surface area contributed by atoms with Gasteiger partial charge in [-0.3, -0.25) is 4.79 Å². The zero-order valence-corrected chi connectivity index (χ0v) is 11.6. The number of rotatable bonds is 5. The van der Waals surface area contributed by atoms with Crippen molar-refractivity contribution in [3.05, 3.63) is 47.8 Å². The maximum absolute atomic E-state index is 12.1. The fourth-order valence-corrected chi connectivity index (χ4v) is 1.66. The number of aromatic nitrogens is 2. The maximum atomic E-state index is 12.1. The summed E-state index contributed by atoms with van der Waals surface area (Å²) in [6, 6.07) is 8.84. The first-order valence-corrected chi connectivity index (χ1v) is 6.61. The minimum Gasteiger partial charge on any atom is -0.354 e. The summed E-state index contributed by atoms with van der Waals surface area (Å²) in [6.07, 6.45) is 3.88. The van der Waals surface area contributed by atoms with Crippen LogP contribution < -0.4 is 10.6 Å². The molecule has 0 atom stereocenters. The third-order valence-corrected chi connectivity index (χ3v) is 2.74. The first-order chi connectivity index (χ1) is 10.2. The second-order valence-electron chi connectivity index (χ2n) is 4.33. The van der Waals surface area contributed by atoms with Gasteiger partial charge in [0.1, 0.15) is 6.07 Å². The molecule has 106 valence electrons. The van der Waals surface area contributed by atoms with E-state index in [1.165, 1.54) is 12.4 Å². The van der Waals surface area contributed by atoms with Crippen LogP contribution in [0.2, 0.25) is 0 Å². The Balaban J connectivity index is 2.08. The van der Waals surface area contributed by atoms with E-state index in [1.54, 1.807) is 24.3 Å². The number of para-hydroxylation sites is 1. The van der Waals surface area contributed by atoms with Gasteiger partial charge in [0.05, 0.1) is 16.8 Å². The van der Waals surface area contributed by atoms with Crippen molar-refractivity contribution in [1.82, 2.24) is 9.97 Å². The molecule has 0 aliphatic carbocycles. The minimum absolute atomic E-state index is 0.338. The first kappa shape index (κ1) is 14.5. The summed E-state index contributed by atoms with van der Waals surface area (Å²) in [4.78, 5) is 20.2. The Hall–Kier alpha value is -2.94. The normalized spacial score (nSPS) is 9.71. The molecule has 0 saturated heterocycles. The number of nitrogens with zero attached hydrogens (tertiary/aromatic N) is 3. The SMILES string of the molecule is CCCNc1ncc(C(=O)Nc2ccccc2C#N)cn1. The molecule has 2 aromatic rings. The average molecular weight is 281 g/mol. The summed E-state index contributed by atoms with van der Waals surface area (Å²) in [5.41, 5.74) is 1.22. The molecule has 1 aromatic carbocycles. The molecule has 1 aromatic heterocycles. The van der Waals surface area contributed by atoms with Crippen molar-refractivity contribution in [2.24, 2.45) is 0 Å².